The number of hydrogen-bond acceptors (Lipinski definition) is 2. The number of ether oxygens (including phenoxy) is 1. The SMILES string of the molecule is O[C@H](C#CCl)c1cccc(Oc2ccccc2)c1. The summed E-state index contributed by atoms with van der Waals surface area (Å²) in [6.07, 6.45) is -0.901. The molecule has 0 bridgehead atoms. The molecule has 0 unspecified atom stereocenters. The van der Waals surface area contributed by atoms with E-state index >= 15 is 0 Å². The highest BCUT2D eigenvalue weighted by Crippen LogP contribution is 2.24. The molecule has 0 heterocycles. The monoisotopic (exact) mass is 258 g/mol. The fraction of sp³-hybridized carbons (Fsp3) is 0.0667. The number of aliphatic hydroxyl groups excluding tert-OH is 1. The van der Waals surface area contributed by atoms with E-state index in [2.05, 4.69) is 11.3 Å². The van der Waals surface area contributed by atoms with Gasteiger partial charge in [0.05, 0.1) is 0 Å². The van der Waals surface area contributed by atoms with E-state index in [4.69, 9.17) is 16.3 Å². The van der Waals surface area contributed by atoms with Gasteiger partial charge in [-0.25, -0.2) is 0 Å². The van der Waals surface area contributed by atoms with Crippen molar-refractivity contribution in [3.63, 3.8) is 0 Å². The summed E-state index contributed by atoms with van der Waals surface area (Å²) in [6, 6.07) is 16.6. The highest BCUT2D eigenvalue weighted by molar-refractivity contribution is 6.30. The summed E-state index contributed by atoms with van der Waals surface area (Å²) in [6.45, 7) is 0. The third-order valence-corrected chi connectivity index (χ3v) is 2.45. The lowest BCUT2D eigenvalue weighted by molar-refractivity contribution is 0.238. The number of benzene rings is 2. The molecule has 1 N–H and O–H groups in total. The minimum atomic E-state index is -0.901. The summed E-state index contributed by atoms with van der Waals surface area (Å²) in [5, 5.41) is 11.9. The van der Waals surface area contributed by atoms with Crippen LogP contribution in [0.5, 0.6) is 11.5 Å². The third-order valence-electron chi connectivity index (χ3n) is 2.34. The van der Waals surface area contributed by atoms with Crippen molar-refractivity contribution in [2.45, 2.75) is 6.10 Å². The smallest absolute Gasteiger partial charge is 0.141 e. The molecule has 2 rings (SSSR count). The summed E-state index contributed by atoms with van der Waals surface area (Å²) in [4.78, 5) is 0. The van der Waals surface area contributed by atoms with E-state index in [1.807, 2.05) is 36.4 Å². The van der Waals surface area contributed by atoms with E-state index in [9.17, 15) is 5.11 Å². The van der Waals surface area contributed by atoms with Crippen molar-refractivity contribution in [3.8, 4) is 22.8 Å². The molecule has 1 atom stereocenters. The third kappa shape index (κ3) is 3.27. The molecular weight excluding hydrogens is 248 g/mol. The van der Waals surface area contributed by atoms with Crippen LogP contribution in [0.25, 0.3) is 0 Å². The highest BCUT2D eigenvalue weighted by Gasteiger charge is 2.05. The Kier molecular flexibility index (Phi) is 4.25. The maximum Gasteiger partial charge on any atom is 0.141 e. The summed E-state index contributed by atoms with van der Waals surface area (Å²) >= 11 is 5.26. The maximum absolute atomic E-state index is 9.70. The zero-order valence-electron chi connectivity index (χ0n) is 9.51. The summed E-state index contributed by atoms with van der Waals surface area (Å²) < 4.78 is 5.66. The predicted octanol–water partition coefficient (Wildman–Crippen LogP) is 3.71. The van der Waals surface area contributed by atoms with Crippen molar-refractivity contribution in [2.24, 2.45) is 0 Å². The number of halogens is 1. The molecule has 0 fully saturated rings. The van der Waals surface area contributed by atoms with Crippen molar-refractivity contribution in [3.05, 3.63) is 60.2 Å². The van der Waals surface area contributed by atoms with Gasteiger partial charge in [0, 0.05) is 5.38 Å². The molecule has 3 heteroatoms. The summed E-state index contributed by atoms with van der Waals surface area (Å²) in [7, 11) is 0. The van der Waals surface area contributed by atoms with Crippen LogP contribution in [-0.4, -0.2) is 5.11 Å². The summed E-state index contributed by atoms with van der Waals surface area (Å²) in [5.41, 5.74) is 0.650. The van der Waals surface area contributed by atoms with Gasteiger partial charge in [0.1, 0.15) is 17.6 Å². The van der Waals surface area contributed by atoms with Gasteiger partial charge >= 0.3 is 0 Å². The lowest BCUT2D eigenvalue weighted by Crippen LogP contribution is -1.94. The first kappa shape index (κ1) is 12.5. The molecule has 0 aliphatic heterocycles. The van der Waals surface area contributed by atoms with Gasteiger partial charge in [0.2, 0.25) is 0 Å². The number of para-hydroxylation sites is 1. The van der Waals surface area contributed by atoms with Crippen LogP contribution in [0.3, 0.4) is 0 Å². The largest absolute Gasteiger partial charge is 0.457 e. The average molecular weight is 259 g/mol. The normalized spacial score (nSPS) is 11.2. The molecule has 0 radical (unpaired) electrons. The van der Waals surface area contributed by atoms with E-state index in [-0.39, 0.29) is 0 Å². The van der Waals surface area contributed by atoms with Gasteiger partial charge in [-0.05, 0) is 47.4 Å². The van der Waals surface area contributed by atoms with E-state index in [1.165, 1.54) is 0 Å². The minimum absolute atomic E-state index is 0.647. The molecule has 0 spiro atoms. The van der Waals surface area contributed by atoms with E-state index < -0.39 is 6.10 Å². The molecular formula is C15H11ClO2. The Morgan fingerprint density at radius 3 is 2.44 bits per heavy atom. The number of hydrogen-bond donors (Lipinski definition) is 1. The van der Waals surface area contributed by atoms with Gasteiger partial charge in [-0.1, -0.05) is 30.3 Å². The van der Waals surface area contributed by atoms with E-state index in [1.54, 1.807) is 18.2 Å². The second-order valence-electron chi connectivity index (χ2n) is 3.63. The molecule has 0 aromatic heterocycles. The van der Waals surface area contributed by atoms with Crippen molar-refractivity contribution in [1.29, 1.82) is 0 Å². The van der Waals surface area contributed by atoms with Crippen LogP contribution in [-0.2, 0) is 0 Å². The Balaban J connectivity index is 2.19. The van der Waals surface area contributed by atoms with Crippen LogP contribution < -0.4 is 4.74 Å². The minimum Gasteiger partial charge on any atom is -0.457 e. The quantitative estimate of drug-likeness (QED) is 0.851. The molecule has 0 aliphatic carbocycles. The maximum atomic E-state index is 9.70. The van der Waals surface area contributed by atoms with Crippen LogP contribution >= 0.6 is 11.6 Å². The molecule has 0 saturated carbocycles. The van der Waals surface area contributed by atoms with Crippen molar-refractivity contribution >= 4 is 11.6 Å². The first-order valence-electron chi connectivity index (χ1n) is 5.41. The highest BCUT2D eigenvalue weighted by atomic mass is 35.5. The van der Waals surface area contributed by atoms with Gasteiger partial charge in [0.25, 0.3) is 0 Å². The zero-order chi connectivity index (χ0) is 12.8. The Labute approximate surface area is 111 Å². The van der Waals surface area contributed by atoms with Crippen LogP contribution in [0.2, 0.25) is 0 Å². The van der Waals surface area contributed by atoms with Gasteiger partial charge in [-0.2, -0.15) is 0 Å². The Morgan fingerprint density at radius 2 is 1.72 bits per heavy atom. The molecule has 2 nitrogen and oxygen atoms in total. The van der Waals surface area contributed by atoms with Gasteiger partial charge in [0.15, 0.2) is 0 Å². The van der Waals surface area contributed by atoms with Crippen LogP contribution in [0.1, 0.15) is 11.7 Å². The van der Waals surface area contributed by atoms with Crippen LogP contribution in [0, 0.1) is 11.3 Å². The van der Waals surface area contributed by atoms with E-state index in [0.29, 0.717) is 11.3 Å². The zero-order valence-corrected chi connectivity index (χ0v) is 10.3. The molecule has 90 valence electrons. The van der Waals surface area contributed by atoms with Gasteiger partial charge in [-0.15, -0.1) is 0 Å². The Hall–Kier alpha value is -1.95. The standard InChI is InChI=1S/C15H11ClO2/c16-10-9-15(17)12-5-4-8-14(11-12)18-13-6-2-1-3-7-13/h1-8,11,15,17H/t15-/m1/s1. The second-order valence-corrected chi connectivity index (χ2v) is 3.82. The number of rotatable bonds is 3. The fourth-order valence-electron chi connectivity index (χ4n) is 1.51. The first-order chi connectivity index (χ1) is 8.79. The molecule has 2 aromatic carbocycles. The molecule has 0 aliphatic rings. The first-order valence-corrected chi connectivity index (χ1v) is 5.79. The lowest BCUT2D eigenvalue weighted by Gasteiger charge is -2.08. The second kappa shape index (κ2) is 6.11. The van der Waals surface area contributed by atoms with Gasteiger partial charge < -0.3 is 9.84 Å². The van der Waals surface area contributed by atoms with E-state index in [0.717, 1.165) is 5.75 Å². The fourth-order valence-corrected chi connectivity index (χ4v) is 1.61. The van der Waals surface area contributed by atoms with Crippen molar-refractivity contribution in [1.82, 2.24) is 0 Å². The van der Waals surface area contributed by atoms with Crippen LogP contribution in [0.15, 0.2) is 54.6 Å². The van der Waals surface area contributed by atoms with Crippen LogP contribution in [0.4, 0.5) is 0 Å². The average Bonchev–Trinajstić information content (AvgIpc) is 2.40. The number of aliphatic hydroxyl groups is 1. The Bertz CT molecular complexity index is 570. The predicted molar refractivity (Wildman–Crippen MR) is 71.5 cm³/mol. The lowest BCUT2D eigenvalue weighted by atomic mass is 10.1. The molecule has 0 amide bonds. The molecule has 2 aromatic rings. The van der Waals surface area contributed by atoms with Gasteiger partial charge in [-0.3, -0.25) is 0 Å². The molecule has 18 heavy (non-hydrogen) atoms. The van der Waals surface area contributed by atoms with Crippen molar-refractivity contribution < 1.29 is 9.84 Å². The Morgan fingerprint density at radius 1 is 1.00 bits per heavy atom. The topological polar surface area (TPSA) is 29.5 Å². The van der Waals surface area contributed by atoms with Crippen molar-refractivity contribution in [2.75, 3.05) is 0 Å². The molecule has 0 saturated heterocycles. The summed E-state index contributed by atoms with van der Waals surface area (Å²) in [5.74, 6) is 3.86.